The summed E-state index contributed by atoms with van der Waals surface area (Å²) in [5.41, 5.74) is 0.125. The summed E-state index contributed by atoms with van der Waals surface area (Å²) in [4.78, 5) is 80.7. The van der Waals surface area contributed by atoms with Gasteiger partial charge >= 0.3 is 0 Å². The fraction of sp³-hybridized carbons (Fsp3) is 0.636. The molecule has 13 heteroatoms. The Morgan fingerprint density at radius 3 is 2.20 bits per heavy atom. The molecule has 1 aliphatic rings. The van der Waals surface area contributed by atoms with Crippen molar-refractivity contribution >= 4 is 47.3 Å². The molecule has 5 amide bonds. The molecule has 46 heavy (non-hydrogen) atoms. The topological polar surface area (TPSA) is 166 Å². The largest absolute Gasteiger partial charge is 0.346 e. The van der Waals surface area contributed by atoms with E-state index in [0.29, 0.717) is 25.8 Å². The zero-order chi connectivity index (χ0) is 34.6. The molecule has 4 unspecified atom stereocenters. The van der Waals surface area contributed by atoms with Gasteiger partial charge in [0.05, 0.1) is 24.7 Å². The fourth-order valence-corrected chi connectivity index (χ4v) is 5.99. The molecule has 2 rings (SSSR count). The van der Waals surface area contributed by atoms with Crippen LogP contribution in [-0.2, 0) is 28.8 Å². The summed E-state index contributed by atoms with van der Waals surface area (Å²) in [5, 5.41) is 10.9. The summed E-state index contributed by atoms with van der Waals surface area (Å²) in [6.45, 7) is 12.7. The third-order valence-electron chi connectivity index (χ3n) is 8.21. The van der Waals surface area contributed by atoms with Crippen LogP contribution in [0.3, 0.4) is 0 Å². The van der Waals surface area contributed by atoms with Crippen molar-refractivity contribution < 1.29 is 28.8 Å². The maximum Gasteiger partial charge on any atom is 0.290 e. The Hall–Kier alpha value is -3.45. The highest BCUT2D eigenvalue weighted by Gasteiger charge is 2.46. The van der Waals surface area contributed by atoms with Gasteiger partial charge in [0, 0.05) is 6.54 Å². The highest BCUT2D eigenvalue weighted by atomic mass is 32.2. The first kappa shape index (κ1) is 38.7. The second-order valence-corrected chi connectivity index (χ2v) is 13.5. The molecule has 1 aliphatic heterocycles. The molecule has 1 aromatic carbocycles. The molecule has 0 bridgehead atoms. The van der Waals surface area contributed by atoms with Gasteiger partial charge in [0.25, 0.3) is 5.91 Å². The van der Waals surface area contributed by atoms with Crippen LogP contribution in [0.5, 0.6) is 0 Å². The Morgan fingerprint density at radius 1 is 0.978 bits per heavy atom. The summed E-state index contributed by atoms with van der Waals surface area (Å²) in [7, 11) is 0. The first-order valence-electron chi connectivity index (χ1n) is 16.0. The lowest BCUT2D eigenvalue weighted by Crippen LogP contribution is -2.60. The van der Waals surface area contributed by atoms with E-state index >= 15 is 0 Å². The van der Waals surface area contributed by atoms with E-state index in [4.69, 9.17) is 0 Å². The van der Waals surface area contributed by atoms with Gasteiger partial charge in [-0.25, -0.2) is 0 Å². The average molecular weight is 661 g/mol. The van der Waals surface area contributed by atoms with Gasteiger partial charge in [-0.1, -0.05) is 89.7 Å². The number of likely N-dealkylation sites (tertiary alicyclic amines) is 1. The molecule has 1 saturated heterocycles. The van der Waals surface area contributed by atoms with Crippen molar-refractivity contribution in [1.82, 2.24) is 30.9 Å². The van der Waals surface area contributed by atoms with Crippen LogP contribution in [0.1, 0.15) is 85.8 Å². The maximum absolute atomic E-state index is 14.0. The molecule has 1 fully saturated rings. The lowest BCUT2D eigenvalue weighted by Gasteiger charge is -2.36. The second kappa shape index (κ2) is 18.0. The Morgan fingerprint density at radius 2 is 1.63 bits per heavy atom. The van der Waals surface area contributed by atoms with Gasteiger partial charge in [0.1, 0.15) is 12.1 Å². The molecule has 0 radical (unpaired) electrons. The lowest BCUT2D eigenvalue weighted by atomic mass is 9.85. The maximum atomic E-state index is 14.0. The number of carbonyl (C=O) groups excluding carboxylic acids is 6. The van der Waals surface area contributed by atoms with Crippen molar-refractivity contribution in [2.24, 2.45) is 11.3 Å². The Bertz CT molecular complexity index is 1220. The van der Waals surface area contributed by atoms with Crippen LogP contribution in [0, 0.1) is 11.3 Å². The second-order valence-electron chi connectivity index (χ2n) is 12.9. The minimum atomic E-state index is -1.06. The van der Waals surface area contributed by atoms with E-state index in [1.165, 1.54) is 16.8 Å². The number of nitrogens with one attached hydrogen (secondary N) is 5. The van der Waals surface area contributed by atoms with Gasteiger partial charge in [-0.2, -0.15) is 0 Å². The molecule has 12 nitrogen and oxygen atoms in total. The SMILES string of the molecule is CCCC(NC(=O)C1[C@@H](CC)CCN1C(=O)C(NC(=O)CNC(=O)[C@@H](C)NSC)C(C)(C)C)C(=O)C(=O)NC(C)c1ccccc1. The number of benzene rings is 1. The number of amides is 5. The number of carbonyl (C=O) groups is 6. The first-order chi connectivity index (χ1) is 21.7. The first-order valence-corrected chi connectivity index (χ1v) is 17.2. The predicted molar refractivity (Wildman–Crippen MR) is 179 cm³/mol. The summed E-state index contributed by atoms with van der Waals surface area (Å²) in [6.07, 6.45) is 3.78. The predicted octanol–water partition coefficient (Wildman–Crippen LogP) is 2.25. The van der Waals surface area contributed by atoms with Crippen LogP contribution < -0.4 is 26.0 Å². The standard InChI is InChI=1S/C33H52N6O6S/c1-9-14-24(27(41)31(44)35-20(3)23-15-12-11-13-16-23)36-30(43)26-22(10-2)17-18-39(26)32(45)28(33(5,6)7)37-25(40)19-34-29(42)21(4)38-46-8/h11-13,15-16,20-22,24,26,28,38H,9-10,14,17-19H2,1-8H3,(H,34,42)(H,35,44)(H,36,43)(H,37,40)/t20?,21-,22+,24?,26?,28?/m1/s1. The number of ketones is 1. The lowest BCUT2D eigenvalue weighted by molar-refractivity contribution is -0.146. The van der Waals surface area contributed by atoms with Crippen molar-refractivity contribution in [2.45, 2.75) is 104 Å². The van der Waals surface area contributed by atoms with E-state index < -0.39 is 65.0 Å². The summed E-state index contributed by atoms with van der Waals surface area (Å²) in [6, 6.07) is 5.42. The van der Waals surface area contributed by atoms with Crippen LogP contribution in [0.15, 0.2) is 30.3 Å². The van der Waals surface area contributed by atoms with E-state index in [9.17, 15) is 28.8 Å². The van der Waals surface area contributed by atoms with Crippen LogP contribution in [-0.4, -0.2) is 83.7 Å². The number of Topliss-reactive ketones (excluding diaryl/α,β-unsaturated/α-hetero) is 1. The van der Waals surface area contributed by atoms with Crippen LogP contribution in [0.2, 0.25) is 0 Å². The molecule has 0 saturated carbocycles. The summed E-state index contributed by atoms with van der Waals surface area (Å²) >= 11 is 1.29. The van der Waals surface area contributed by atoms with Crippen LogP contribution >= 0.6 is 11.9 Å². The van der Waals surface area contributed by atoms with Gasteiger partial charge in [-0.05, 0) is 49.8 Å². The number of hydrogen-bond donors (Lipinski definition) is 5. The Kier molecular flexibility index (Phi) is 15.2. The van der Waals surface area contributed by atoms with E-state index in [0.717, 1.165) is 5.56 Å². The smallest absolute Gasteiger partial charge is 0.290 e. The normalized spacial score (nSPS) is 18.9. The van der Waals surface area contributed by atoms with Crippen molar-refractivity contribution in [2.75, 3.05) is 19.3 Å². The Balaban J connectivity index is 2.19. The highest BCUT2D eigenvalue weighted by Crippen LogP contribution is 2.31. The molecular formula is C33H52N6O6S. The molecule has 256 valence electrons. The minimum absolute atomic E-state index is 0.172. The van der Waals surface area contributed by atoms with Gasteiger partial charge < -0.3 is 26.2 Å². The number of nitrogens with zero attached hydrogens (tertiary/aromatic N) is 1. The minimum Gasteiger partial charge on any atom is -0.346 e. The molecule has 0 aromatic heterocycles. The van der Waals surface area contributed by atoms with E-state index in [1.807, 2.05) is 65.0 Å². The van der Waals surface area contributed by atoms with Crippen molar-refractivity contribution in [3.63, 3.8) is 0 Å². The zero-order valence-electron chi connectivity index (χ0n) is 28.4. The van der Waals surface area contributed by atoms with Gasteiger partial charge in [0.2, 0.25) is 29.4 Å². The van der Waals surface area contributed by atoms with Crippen molar-refractivity contribution in [1.29, 1.82) is 0 Å². The molecule has 0 aliphatic carbocycles. The number of hydrogen-bond acceptors (Lipinski definition) is 8. The molecule has 0 spiro atoms. The van der Waals surface area contributed by atoms with Crippen LogP contribution in [0.25, 0.3) is 0 Å². The molecule has 1 heterocycles. The van der Waals surface area contributed by atoms with Crippen molar-refractivity contribution in [3.05, 3.63) is 35.9 Å². The summed E-state index contributed by atoms with van der Waals surface area (Å²) in [5.74, 6) is -3.52. The monoisotopic (exact) mass is 660 g/mol. The van der Waals surface area contributed by atoms with Crippen LogP contribution in [0.4, 0.5) is 0 Å². The highest BCUT2D eigenvalue weighted by molar-refractivity contribution is 7.96. The van der Waals surface area contributed by atoms with E-state index in [-0.39, 0.29) is 24.8 Å². The zero-order valence-corrected chi connectivity index (χ0v) is 29.2. The quantitative estimate of drug-likeness (QED) is 0.133. The fourth-order valence-electron chi connectivity index (χ4n) is 5.53. The molecular weight excluding hydrogens is 608 g/mol. The number of rotatable bonds is 16. The Labute approximate surface area is 277 Å². The van der Waals surface area contributed by atoms with E-state index in [1.54, 1.807) is 20.1 Å². The third-order valence-corrected chi connectivity index (χ3v) is 8.80. The molecule has 5 N–H and O–H groups in total. The molecule has 1 aromatic rings. The van der Waals surface area contributed by atoms with Gasteiger partial charge in [-0.3, -0.25) is 33.5 Å². The van der Waals surface area contributed by atoms with E-state index in [2.05, 4.69) is 26.0 Å². The third kappa shape index (κ3) is 10.8. The van der Waals surface area contributed by atoms with Gasteiger partial charge in [0.15, 0.2) is 0 Å². The van der Waals surface area contributed by atoms with Gasteiger partial charge in [-0.15, -0.1) is 0 Å². The molecule has 6 atom stereocenters. The van der Waals surface area contributed by atoms with Crippen molar-refractivity contribution in [3.8, 4) is 0 Å². The summed E-state index contributed by atoms with van der Waals surface area (Å²) < 4.78 is 2.89. The average Bonchev–Trinajstić information content (AvgIpc) is 3.46.